The molecule has 156 valence electrons. The third-order valence-corrected chi connectivity index (χ3v) is 6.16. The van der Waals surface area contributed by atoms with E-state index in [4.69, 9.17) is 0 Å². The molecule has 0 aromatic heterocycles. The third kappa shape index (κ3) is 5.22. The van der Waals surface area contributed by atoms with Gasteiger partial charge in [0.25, 0.3) is 0 Å². The lowest BCUT2D eigenvalue weighted by atomic mass is 10.1. The lowest BCUT2D eigenvalue weighted by Gasteiger charge is -2.20. The molecule has 3 aromatic carbocycles. The zero-order chi connectivity index (χ0) is 21.7. The molecule has 0 heterocycles. The van der Waals surface area contributed by atoms with Crippen molar-refractivity contribution in [3.8, 4) is 0 Å². The van der Waals surface area contributed by atoms with Gasteiger partial charge in [0.1, 0.15) is 6.04 Å². The number of carboxylic acid groups (broad SMARTS) is 1. The van der Waals surface area contributed by atoms with Gasteiger partial charge in [0.15, 0.2) is 0 Å². The Morgan fingerprint density at radius 1 is 0.967 bits per heavy atom. The van der Waals surface area contributed by atoms with Gasteiger partial charge in [-0.25, -0.2) is 8.42 Å². The molecule has 0 bridgehead atoms. The number of carboxylic acids is 1. The molecule has 2 N–H and O–H groups in total. The van der Waals surface area contributed by atoms with Crippen molar-refractivity contribution in [1.29, 1.82) is 0 Å². The molecule has 30 heavy (non-hydrogen) atoms. The number of nitrogens with zero attached hydrogens (tertiary/aromatic N) is 1. The van der Waals surface area contributed by atoms with Crippen molar-refractivity contribution in [3.63, 3.8) is 0 Å². The predicted octanol–water partition coefficient (Wildman–Crippen LogP) is 2.62. The van der Waals surface area contributed by atoms with Crippen LogP contribution in [0.15, 0.2) is 77.7 Å². The van der Waals surface area contributed by atoms with Crippen molar-refractivity contribution in [1.82, 2.24) is 9.62 Å². The van der Waals surface area contributed by atoms with E-state index in [0.29, 0.717) is 11.9 Å². The highest BCUT2D eigenvalue weighted by Crippen LogP contribution is 2.19. The number of hydrogen-bond donors (Lipinski definition) is 2. The maximum absolute atomic E-state index is 12.7. The molecule has 7 nitrogen and oxygen atoms in total. The second-order valence-electron chi connectivity index (χ2n) is 6.96. The molecule has 0 radical (unpaired) electrons. The third-order valence-electron chi connectivity index (χ3n) is 4.69. The predicted molar refractivity (Wildman–Crippen MR) is 113 cm³/mol. The molecule has 1 amide bonds. The molecular weight excluding hydrogens is 404 g/mol. The highest BCUT2D eigenvalue weighted by molar-refractivity contribution is 7.89. The SMILES string of the molecule is CN(Cc1ccccc1)C(=O)C[C@H](NS(=O)(=O)c1ccc2ccccc2c1)C(=O)O. The summed E-state index contributed by atoms with van der Waals surface area (Å²) < 4.78 is 27.6. The number of benzene rings is 3. The van der Waals surface area contributed by atoms with E-state index in [1.807, 2.05) is 42.5 Å². The van der Waals surface area contributed by atoms with E-state index < -0.39 is 34.4 Å². The highest BCUT2D eigenvalue weighted by atomic mass is 32.2. The van der Waals surface area contributed by atoms with E-state index >= 15 is 0 Å². The molecule has 3 rings (SSSR count). The minimum atomic E-state index is -4.13. The zero-order valence-corrected chi connectivity index (χ0v) is 17.2. The quantitative estimate of drug-likeness (QED) is 0.576. The number of fused-ring (bicyclic) bond motifs is 1. The van der Waals surface area contributed by atoms with Crippen molar-refractivity contribution < 1.29 is 23.1 Å². The van der Waals surface area contributed by atoms with Gasteiger partial charge in [-0.2, -0.15) is 4.72 Å². The first kappa shape index (κ1) is 21.5. The average molecular weight is 426 g/mol. The summed E-state index contributed by atoms with van der Waals surface area (Å²) in [6.07, 6.45) is -0.495. The van der Waals surface area contributed by atoms with E-state index in [1.165, 1.54) is 17.0 Å². The number of carbonyl (C=O) groups excluding carboxylic acids is 1. The summed E-state index contributed by atoms with van der Waals surface area (Å²) >= 11 is 0. The largest absolute Gasteiger partial charge is 0.480 e. The van der Waals surface area contributed by atoms with Gasteiger partial charge >= 0.3 is 5.97 Å². The minimum absolute atomic E-state index is 0.0578. The number of carbonyl (C=O) groups is 2. The van der Waals surface area contributed by atoms with Gasteiger partial charge in [-0.15, -0.1) is 0 Å². The van der Waals surface area contributed by atoms with Crippen molar-refractivity contribution in [2.45, 2.75) is 23.9 Å². The van der Waals surface area contributed by atoms with Crippen LogP contribution in [-0.2, 0) is 26.2 Å². The number of rotatable bonds is 8. The first-order valence-electron chi connectivity index (χ1n) is 9.28. The summed E-state index contributed by atoms with van der Waals surface area (Å²) in [6.45, 7) is 0.295. The molecule has 1 atom stereocenters. The Kier molecular flexibility index (Phi) is 6.49. The van der Waals surface area contributed by atoms with Gasteiger partial charge in [0.05, 0.1) is 11.3 Å². The van der Waals surface area contributed by atoms with Gasteiger partial charge in [-0.05, 0) is 28.5 Å². The van der Waals surface area contributed by atoms with Crippen molar-refractivity contribution in [2.75, 3.05) is 7.05 Å². The topological polar surface area (TPSA) is 104 Å². The van der Waals surface area contributed by atoms with Crippen LogP contribution >= 0.6 is 0 Å². The lowest BCUT2D eigenvalue weighted by Crippen LogP contribution is -2.44. The Balaban J connectivity index is 1.73. The van der Waals surface area contributed by atoms with E-state index in [0.717, 1.165) is 10.9 Å². The average Bonchev–Trinajstić information content (AvgIpc) is 2.73. The van der Waals surface area contributed by atoms with Crippen molar-refractivity contribution >= 4 is 32.7 Å². The molecule has 0 unspecified atom stereocenters. The number of sulfonamides is 1. The molecule has 0 spiro atoms. The first-order chi connectivity index (χ1) is 14.3. The molecule has 0 fully saturated rings. The fourth-order valence-corrected chi connectivity index (χ4v) is 4.27. The normalized spacial score (nSPS) is 12.4. The fraction of sp³-hybridized carbons (Fsp3) is 0.182. The number of nitrogens with one attached hydrogen (secondary N) is 1. The van der Waals surface area contributed by atoms with Crippen LogP contribution in [0.25, 0.3) is 10.8 Å². The van der Waals surface area contributed by atoms with Gasteiger partial charge in [-0.1, -0.05) is 60.7 Å². The Hall–Kier alpha value is -3.23. The first-order valence-corrected chi connectivity index (χ1v) is 10.8. The smallest absolute Gasteiger partial charge is 0.322 e. The number of amides is 1. The van der Waals surface area contributed by atoms with E-state index in [-0.39, 0.29) is 4.90 Å². The Morgan fingerprint density at radius 3 is 2.27 bits per heavy atom. The van der Waals surface area contributed by atoms with Crippen LogP contribution in [-0.4, -0.2) is 43.4 Å². The van der Waals surface area contributed by atoms with E-state index in [2.05, 4.69) is 4.72 Å². The van der Waals surface area contributed by atoms with Crippen LogP contribution in [0.5, 0.6) is 0 Å². The standard InChI is InChI=1S/C22H22N2O5S/c1-24(15-16-7-3-2-4-8-16)21(25)14-20(22(26)27)23-30(28,29)19-12-11-17-9-5-6-10-18(17)13-19/h2-13,20,23H,14-15H2,1H3,(H,26,27)/t20-/m0/s1. The molecule has 8 heteroatoms. The van der Waals surface area contributed by atoms with Crippen LogP contribution in [0.1, 0.15) is 12.0 Å². The second-order valence-corrected chi connectivity index (χ2v) is 8.67. The van der Waals surface area contributed by atoms with Crippen molar-refractivity contribution in [2.24, 2.45) is 0 Å². The molecule has 0 saturated carbocycles. The fourth-order valence-electron chi connectivity index (χ4n) is 3.05. The summed E-state index contributed by atoms with van der Waals surface area (Å²) in [5.41, 5.74) is 0.886. The molecule has 3 aromatic rings. The second kappa shape index (κ2) is 9.06. The van der Waals surface area contributed by atoms with Crippen molar-refractivity contribution in [3.05, 3.63) is 78.4 Å². The van der Waals surface area contributed by atoms with Gasteiger partial charge < -0.3 is 10.0 Å². The number of hydrogen-bond acceptors (Lipinski definition) is 4. The van der Waals surface area contributed by atoms with E-state index in [1.54, 1.807) is 25.2 Å². The van der Waals surface area contributed by atoms with Crippen LogP contribution in [0, 0.1) is 0 Å². The van der Waals surface area contributed by atoms with Gasteiger partial charge in [0, 0.05) is 13.6 Å². The number of aliphatic carboxylic acids is 1. The van der Waals surface area contributed by atoms with E-state index in [9.17, 15) is 23.1 Å². The minimum Gasteiger partial charge on any atom is -0.480 e. The molecule has 0 aliphatic carbocycles. The molecule has 0 saturated heterocycles. The monoisotopic (exact) mass is 426 g/mol. The maximum atomic E-state index is 12.7. The Bertz CT molecular complexity index is 1160. The summed E-state index contributed by atoms with van der Waals surface area (Å²) in [6, 6.07) is 19.4. The Labute approximate surface area is 175 Å². The zero-order valence-electron chi connectivity index (χ0n) is 16.4. The molecule has 0 aliphatic rings. The highest BCUT2D eigenvalue weighted by Gasteiger charge is 2.29. The van der Waals surface area contributed by atoms with Crippen LogP contribution in [0.2, 0.25) is 0 Å². The molecular formula is C22H22N2O5S. The summed E-state index contributed by atoms with van der Waals surface area (Å²) in [5.74, 6) is -1.90. The van der Waals surface area contributed by atoms with Gasteiger partial charge in [0.2, 0.25) is 15.9 Å². The summed E-state index contributed by atoms with van der Waals surface area (Å²) in [7, 11) is -2.58. The Morgan fingerprint density at radius 2 is 1.60 bits per heavy atom. The van der Waals surface area contributed by atoms with Crippen LogP contribution in [0.4, 0.5) is 0 Å². The summed E-state index contributed by atoms with van der Waals surface area (Å²) in [4.78, 5) is 25.4. The molecule has 0 aliphatic heterocycles. The van der Waals surface area contributed by atoms with Gasteiger partial charge in [-0.3, -0.25) is 9.59 Å². The lowest BCUT2D eigenvalue weighted by molar-refractivity contribution is -0.142. The maximum Gasteiger partial charge on any atom is 0.322 e. The summed E-state index contributed by atoms with van der Waals surface area (Å²) in [5, 5.41) is 11.1. The van der Waals surface area contributed by atoms with Crippen LogP contribution in [0.3, 0.4) is 0 Å². The van der Waals surface area contributed by atoms with Crippen LogP contribution < -0.4 is 4.72 Å².